The molecule has 2 aliphatic heterocycles. The summed E-state index contributed by atoms with van der Waals surface area (Å²) in [5, 5.41) is 22.1. The highest BCUT2D eigenvalue weighted by molar-refractivity contribution is 4.63. The lowest BCUT2D eigenvalue weighted by molar-refractivity contribution is -0.579. The maximum atomic E-state index is 9.99. The van der Waals surface area contributed by atoms with Crippen molar-refractivity contribution in [2.45, 2.75) is 33.1 Å². The molecule has 0 atom stereocenters. The van der Waals surface area contributed by atoms with Crippen LogP contribution in [0.15, 0.2) is 0 Å². The zero-order valence-electron chi connectivity index (χ0n) is 14.2. The number of nitrogens with zero attached hydrogens (tertiary/aromatic N) is 5. The third-order valence-electron chi connectivity index (χ3n) is 3.31. The van der Waals surface area contributed by atoms with Gasteiger partial charge in [-0.25, -0.2) is 20.2 Å². The van der Waals surface area contributed by atoms with E-state index in [9.17, 15) is 20.2 Å². The van der Waals surface area contributed by atoms with Gasteiger partial charge in [-0.15, -0.1) is 0 Å². The third kappa shape index (κ3) is 11.5. The predicted molar refractivity (Wildman–Crippen MR) is 86.1 cm³/mol. The summed E-state index contributed by atoms with van der Waals surface area (Å²) in [4.78, 5) is 22.0. The Labute approximate surface area is 136 Å². The van der Waals surface area contributed by atoms with Crippen molar-refractivity contribution in [3.63, 3.8) is 0 Å². The van der Waals surface area contributed by atoms with Crippen molar-refractivity contribution in [3.8, 4) is 0 Å². The molecule has 0 aromatic rings. The Kier molecular flexibility index (Phi) is 11.8. The van der Waals surface area contributed by atoms with Crippen LogP contribution < -0.4 is 11.1 Å². The van der Waals surface area contributed by atoms with Crippen molar-refractivity contribution >= 4 is 0 Å². The van der Waals surface area contributed by atoms with Gasteiger partial charge in [-0.3, -0.25) is 0 Å². The first-order valence-electron chi connectivity index (χ1n) is 7.97. The molecular weight excluding hydrogens is 306 g/mol. The van der Waals surface area contributed by atoms with Crippen LogP contribution in [0, 0.1) is 20.2 Å². The molecule has 23 heavy (non-hydrogen) atoms. The van der Waals surface area contributed by atoms with E-state index in [0.717, 1.165) is 39.0 Å². The van der Waals surface area contributed by atoms with Crippen LogP contribution in [0.5, 0.6) is 0 Å². The van der Waals surface area contributed by atoms with Crippen LogP contribution in [0.1, 0.15) is 33.1 Å². The predicted octanol–water partition coefficient (Wildman–Crippen LogP) is 0.125. The Morgan fingerprint density at radius 3 is 1.52 bits per heavy atom. The van der Waals surface area contributed by atoms with Gasteiger partial charge in [0.05, 0.1) is 0 Å². The molecule has 0 spiro atoms. The molecule has 2 rings (SSSR count). The SMILES string of the molecule is CC.CN1CCN(N[N+](=O)[O-])CC1.O=[N+]([O-])NN1CCCCC1. The Hall–Kier alpha value is -1.72. The highest BCUT2D eigenvalue weighted by Crippen LogP contribution is 2.05. The van der Waals surface area contributed by atoms with Gasteiger partial charge in [0.25, 0.3) is 0 Å². The van der Waals surface area contributed by atoms with Crippen LogP contribution in [-0.2, 0) is 0 Å². The number of likely N-dealkylation sites (N-methyl/N-ethyl adjacent to an activating group) is 1. The molecule has 2 saturated heterocycles. The highest BCUT2D eigenvalue weighted by Gasteiger charge is 2.16. The molecule has 11 nitrogen and oxygen atoms in total. The minimum absolute atomic E-state index is 0.509. The van der Waals surface area contributed by atoms with Crippen LogP contribution in [0.25, 0.3) is 0 Å². The number of hydrogen-bond donors (Lipinski definition) is 2. The van der Waals surface area contributed by atoms with E-state index in [2.05, 4.69) is 16.0 Å². The number of piperazine rings is 1. The standard InChI is InChI=1S/C5H12N4O2.C5H11N3O2.C2H6/c1-7-2-4-8(5-3-7)6-9(10)11;9-8(10)6-7-4-2-1-3-5-7;1-2/h6H,2-5H2,1H3;6H,1-5H2;1-2H3. The van der Waals surface area contributed by atoms with Crippen molar-refractivity contribution in [1.82, 2.24) is 26.0 Å². The van der Waals surface area contributed by atoms with E-state index in [1.54, 1.807) is 10.0 Å². The summed E-state index contributed by atoms with van der Waals surface area (Å²) in [6.45, 7) is 8.75. The topological polar surface area (TPSA) is 120 Å². The number of rotatable bonds is 4. The lowest BCUT2D eigenvalue weighted by Gasteiger charge is -2.28. The van der Waals surface area contributed by atoms with Gasteiger partial charge in [0.2, 0.25) is 0 Å². The van der Waals surface area contributed by atoms with Crippen LogP contribution in [-0.4, -0.2) is 71.3 Å². The molecule has 0 amide bonds. The Morgan fingerprint density at radius 1 is 0.739 bits per heavy atom. The molecule has 2 heterocycles. The second-order valence-corrected chi connectivity index (χ2v) is 5.05. The number of nitro groups is 2. The van der Waals surface area contributed by atoms with Gasteiger partial charge in [-0.05, 0) is 19.9 Å². The van der Waals surface area contributed by atoms with Gasteiger partial charge in [-0.1, -0.05) is 31.3 Å². The fraction of sp³-hybridized carbons (Fsp3) is 1.00. The first-order chi connectivity index (χ1) is 11.0. The van der Waals surface area contributed by atoms with Crippen molar-refractivity contribution in [2.75, 3.05) is 46.3 Å². The lowest BCUT2D eigenvalue weighted by atomic mass is 10.2. The maximum absolute atomic E-state index is 9.99. The minimum Gasteiger partial charge on any atom is -0.304 e. The zero-order valence-corrected chi connectivity index (χ0v) is 14.2. The molecular formula is C12H29N7O4. The van der Waals surface area contributed by atoms with E-state index in [-0.39, 0.29) is 0 Å². The molecule has 0 unspecified atom stereocenters. The van der Waals surface area contributed by atoms with E-state index in [1.807, 2.05) is 20.9 Å². The van der Waals surface area contributed by atoms with Gasteiger partial charge >= 0.3 is 0 Å². The smallest absolute Gasteiger partial charge is 0.173 e. The fourth-order valence-electron chi connectivity index (χ4n) is 2.13. The van der Waals surface area contributed by atoms with E-state index >= 15 is 0 Å². The summed E-state index contributed by atoms with van der Waals surface area (Å²) in [5.41, 5.74) is 4.27. The second-order valence-electron chi connectivity index (χ2n) is 5.05. The zero-order chi connectivity index (χ0) is 17.7. The quantitative estimate of drug-likeness (QED) is 0.545. The monoisotopic (exact) mass is 335 g/mol. The first kappa shape index (κ1) is 21.3. The number of hydrazine groups is 4. The highest BCUT2D eigenvalue weighted by atomic mass is 16.7. The Bertz CT molecular complexity index is 331. The summed E-state index contributed by atoms with van der Waals surface area (Å²) >= 11 is 0. The normalized spacial score (nSPS) is 19.4. The van der Waals surface area contributed by atoms with Gasteiger partial charge in [0, 0.05) is 39.3 Å². The summed E-state index contributed by atoms with van der Waals surface area (Å²) in [6.07, 6.45) is 3.30. The van der Waals surface area contributed by atoms with E-state index in [1.165, 1.54) is 6.42 Å². The lowest BCUT2D eigenvalue weighted by Crippen LogP contribution is -2.52. The van der Waals surface area contributed by atoms with Gasteiger partial charge in [0.1, 0.15) is 0 Å². The average molecular weight is 335 g/mol. The molecule has 136 valence electrons. The maximum Gasteiger partial charge on any atom is 0.173 e. The summed E-state index contributed by atoms with van der Waals surface area (Å²) < 4.78 is 0. The van der Waals surface area contributed by atoms with Gasteiger partial charge in [-0.2, -0.15) is 10.0 Å². The average Bonchev–Trinajstić information content (AvgIpc) is 2.52. The third-order valence-corrected chi connectivity index (χ3v) is 3.31. The molecule has 0 aliphatic carbocycles. The van der Waals surface area contributed by atoms with Crippen molar-refractivity contribution < 1.29 is 10.1 Å². The van der Waals surface area contributed by atoms with Crippen LogP contribution >= 0.6 is 0 Å². The number of hydrogen-bond acceptors (Lipinski definition) is 7. The Balaban J connectivity index is 0.000000381. The molecule has 2 fully saturated rings. The van der Waals surface area contributed by atoms with Crippen LogP contribution in [0.3, 0.4) is 0 Å². The first-order valence-corrected chi connectivity index (χ1v) is 7.97. The van der Waals surface area contributed by atoms with Crippen molar-refractivity contribution in [1.29, 1.82) is 0 Å². The van der Waals surface area contributed by atoms with Crippen molar-refractivity contribution in [3.05, 3.63) is 20.2 Å². The summed E-state index contributed by atoms with van der Waals surface area (Å²) in [7, 11) is 2.00. The number of piperidine rings is 1. The Morgan fingerprint density at radius 2 is 1.13 bits per heavy atom. The van der Waals surface area contributed by atoms with Crippen LogP contribution in [0.2, 0.25) is 0 Å². The minimum atomic E-state index is -0.522. The van der Waals surface area contributed by atoms with Gasteiger partial charge in [0.15, 0.2) is 10.1 Å². The summed E-state index contributed by atoms with van der Waals surface area (Å²) in [6, 6.07) is 0. The molecule has 0 radical (unpaired) electrons. The van der Waals surface area contributed by atoms with Gasteiger partial charge < -0.3 is 4.90 Å². The largest absolute Gasteiger partial charge is 0.304 e. The molecule has 0 bridgehead atoms. The fourth-order valence-corrected chi connectivity index (χ4v) is 2.13. The summed E-state index contributed by atoms with van der Waals surface area (Å²) in [5.74, 6) is 0. The molecule has 0 aromatic carbocycles. The van der Waals surface area contributed by atoms with E-state index < -0.39 is 10.1 Å². The molecule has 0 aromatic heterocycles. The second kappa shape index (κ2) is 12.8. The molecule has 0 saturated carbocycles. The number of nitrogens with one attached hydrogen (secondary N) is 2. The van der Waals surface area contributed by atoms with E-state index in [4.69, 9.17) is 0 Å². The molecule has 2 N–H and O–H groups in total. The molecule has 11 heteroatoms. The molecule has 2 aliphatic rings. The van der Waals surface area contributed by atoms with Crippen LogP contribution in [0.4, 0.5) is 0 Å². The van der Waals surface area contributed by atoms with Crippen molar-refractivity contribution in [2.24, 2.45) is 0 Å². The van der Waals surface area contributed by atoms with E-state index in [0.29, 0.717) is 13.1 Å².